The first-order chi connectivity index (χ1) is 13.6. The van der Waals surface area contributed by atoms with Gasteiger partial charge in [0.05, 0.1) is 6.04 Å². The van der Waals surface area contributed by atoms with E-state index in [1.165, 1.54) is 11.1 Å². The van der Waals surface area contributed by atoms with E-state index in [9.17, 15) is 4.79 Å². The molecule has 0 fully saturated rings. The topological polar surface area (TPSA) is 51.2 Å². The number of nitrogens with one attached hydrogen (secondary N) is 1. The maximum absolute atomic E-state index is 12.8. The standard InChI is InChI=1S/C24H24N2O2/c1-16-12-20(13-17(2)23(16)28-15-18-6-5-11-25-14-18)24(27)26-22-10-9-19-7-3-4-8-21(19)22/h3-8,11-14,22H,9-10,15H2,1-2H3,(H,26,27). The van der Waals surface area contributed by atoms with E-state index in [1.54, 1.807) is 12.4 Å². The van der Waals surface area contributed by atoms with Crippen molar-refractivity contribution < 1.29 is 9.53 Å². The Bertz CT molecular complexity index is 975. The summed E-state index contributed by atoms with van der Waals surface area (Å²) in [5, 5.41) is 3.20. The normalized spacial score (nSPS) is 15.1. The number of aromatic nitrogens is 1. The number of fused-ring (bicyclic) bond motifs is 1. The van der Waals surface area contributed by atoms with Crippen LogP contribution >= 0.6 is 0 Å². The smallest absolute Gasteiger partial charge is 0.251 e. The molecule has 0 bridgehead atoms. The Balaban J connectivity index is 1.47. The van der Waals surface area contributed by atoms with E-state index in [0.717, 1.165) is 35.3 Å². The maximum atomic E-state index is 12.8. The molecule has 4 rings (SSSR count). The molecule has 1 aliphatic carbocycles. The van der Waals surface area contributed by atoms with Gasteiger partial charge in [-0.3, -0.25) is 9.78 Å². The van der Waals surface area contributed by atoms with Gasteiger partial charge < -0.3 is 10.1 Å². The number of pyridine rings is 1. The van der Waals surface area contributed by atoms with Gasteiger partial charge in [-0.25, -0.2) is 0 Å². The molecular formula is C24H24N2O2. The van der Waals surface area contributed by atoms with Gasteiger partial charge in [0.2, 0.25) is 0 Å². The molecular weight excluding hydrogens is 348 g/mol. The SMILES string of the molecule is Cc1cc(C(=O)NC2CCc3ccccc32)cc(C)c1OCc1cccnc1. The third kappa shape index (κ3) is 3.77. The Kier molecular flexibility index (Phi) is 5.11. The summed E-state index contributed by atoms with van der Waals surface area (Å²) in [4.78, 5) is 17.0. The Morgan fingerprint density at radius 2 is 1.93 bits per heavy atom. The van der Waals surface area contributed by atoms with Gasteiger partial charge >= 0.3 is 0 Å². The lowest BCUT2D eigenvalue weighted by Gasteiger charge is -2.17. The van der Waals surface area contributed by atoms with Crippen molar-refractivity contribution >= 4 is 5.91 Å². The fraction of sp³-hybridized carbons (Fsp3) is 0.250. The van der Waals surface area contributed by atoms with Gasteiger partial charge in [0, 0.05) is 23.5 Å². The minimum absolute atomic E-state index is 0.0355. The zero-order valence-electron chi connectivity index (χ0n) is 16.2. The summed E-state index contributed by atoms with van der Waals surface area (Å²) in [5.41, 5.74) is 6.18. The number of ether oxygens (including phenoxy) is 1. The van der Waals surface area contributed by atoms with Crippen LogP contribution in [0.3, 0.4) is 0 Å². The molecule has 1 heterocycles. The maximum Gasteiger partial charge on any atom is 0.251 e. The van der Waals surface area contributed by atoms with Crippen LogP contribution in [0.1, 0.15) is 50.6 Å². The monoisotopic (exact) mass is 372 g/mol. The molecule has 1 N–H and O–H groups in total. The highest BCUT2D eigenvalue weighted by Gasteiger charge is 2.24. The molecule has 2 aromatic carbocycles. The zero-order chi connectivity index (χ0) is 19.5. The van der Waals surface area contributed by atoms with Gasteiger partial charge in [-0.2, -0.15) is 0 Å². The van der Waals surface area contributed by atoms with Gasteiger partial charge in [-0.05, 0) is 67.1 Å². The predicted octanol–water partition coefficient (Wildman–Crippen LogP) is 4.69. The minimum atomic E-state index is -0.0355. The second-order valence-electron chi connectivity index (χ2n) is 7.35. The molecule has 1 aromatic heterocycles. The van der Waals surface area contributed by atoms with E-state index in [0.29, 0.717) is 12.2 Å². The van der Waals surface area contributed by atoms with Crippen LogP contribution in [0.5, 0.6) is 5.75 Å². The van der Waals surface area contributed by atoms with E-state index in [1.807, 2.05) is 44.2 Å². The number of nitrogens with zero attached hydrogens (tertiary/aromatic N) is 1. The summed E-state index contributed by atoms with van der Waals surface area (Å²) >= 11 is 0. The first kappa shape index (κ1) is 18.2. The number of hydrogen-bond donors (Lipinski definition) is 1. The van der Waals surface area contributed by atoms with Crippen LogP contribution in [0.15, 0.2) is 60.9 Å². The lowest BCUT2D eigenvalue weighted by Crippen LogP contribution is -2.27. The number of rotatable bonds is 5. The van der Waals surface area contributed by atoms with Crippen LogP contribution in [-0.2, 0) is 13.0 Å². The van der Waals surface area contributed by atoms with Gasteiger partial charge in [0.15, 0.2) is 0 Å². The lowest BCUT2D eigenvalue weighted by atomic mass is 10.0. The van der Waals surface area contributed by atoms with Crippen LogP contribution in [0.2, 0.25) is 0 Å². The molecule has 1 atom stereocenters. The van der Waals surface area contributed by atoms with E-state index < -0.39 is 0 Å². The van der Waals surface area contributed by atoms with E-state index in [4.69, 9.17) is 4.74 Å². The first-order valence-corrected chi connectivity index (χ1v) is 9.63. The molecule has 1 aliphatic rings. The predicted molar refractivity (Wildman–Crippen MR) is 109 cm³/mol. The fourth-order valence-electron chi connectivity index (χ4n) is 3.90. The molecule has 4 nitrogen and oxygen atoms in total. The molecule has 0 radical (unpaired) electrons. The van der Waals surface area contributed by atoms with E-state index >= 15 is 0 Å². The zero-order valence-corrected chi connectivity index (χ0v) is 16.2. The van der Waals surface area contributed by atoms with Gasteiger partial charge in [0.1, 0.15) is 12.4 Å². The highest BCUT2D eigenvalue weighted by Crippen LogP contribution is 2.31. The Hall–Kier alpha value is -3.14. The minimum Gasteiger partial charge on any atom is -0.488 e. The van der Waals surface area contributed by atoms with Crippen LogP contribution in [0.25, 0.3) is 0 Å². The summed E-state index contributed by atoms with van der Waals surface area (Å²) in [6, 6.07) is 16.1. The molecule has 1 amide bonds. The summed E-state index contributed by atoms with van der Waals surface area (Å²) in [6.07, 6.45) is 5.51. The van der Waals surface area contributed by atoms with Gasteiger partial charge in [-0.1, -0.05) is 30.3 Å². The number of aryl methyl sites for hydroxylation is 3. The van der Waals surface area contributed by atoms with Crippen molar-refractivity contribution in [2.75, 3.05) is 0 Å². The number of benzene rings is 2. The first-order valence-electron chi connectivity index (χ1n) is 9.63. The van der Waals surface area contributed by atoms with Gasteiger partial charge in [0.25, 0.3) is 5.91 Å². The average molecular weight is 372 g/mol. The summed E-state index contributed by atoms with van der Waals surface area (Å²) in [5.74, 6) is 0.790. The van der Waals surface area contributed by atoms with Crippen LogP contribution in [-0.4, -0.2) is 10.9 Å². The molecule has 0 saturated carbocycles. The summed E-state index contributed by atoms with van der Waals surface area (Å²) in [6.45, 7) is 4.42. The highest BCUT2D eigenvalue weighted by molar-refractivity contribution is 5.95. The molecule has 4 heteroatoms. The van der Waals surface area contributed by atoms with Crippen molar-refractivity contribution in [2.45, 2.75) is 39.3 Å². The molecule has 28 heavy (non-hydrogen) atoms. The third-order valence-electron chi connectivity index (χ3n) is 5.27. The number of carbonyl (C=O) groups excluding carboxylic acids is 1. The van der Waals surface area contributed by atoms with E-state index in [-0.39, 0.29) is 11.9 Å². The van der Waals surface area contributed by atoms with E-state index in [2.05, 4.69) is 28.5 Å². The largest absolute Gasteiger partial charge is 0.488 e. The highest BCUT2D eigenvalue weighted by atomic mass is 16.5. The molecule has 0 saturated heterocycles. The molecule has 0 spiro atoms. The van der Waals surface area contributed by atoms with Crippen LogP contribution < -0.4 is 10.1 Å². The Labute approximate surface area is 165 Å². The third-order valence-corrected chi connectivity index (χ3v) is 5.27. The van der Waals surface area contributed by atoms with Crippen molar-refractivity contribution in [3.05, 3.63) is 94.3 Å². The Morgan fingerprint density at radius 1 is 1.14 bits per heavy atom. The fourth-order valence-corrected chi connectivity index (χ4v) is 3.90. The van der Waals surface area contributed by atoms with Gasteiger partial charge in [-0.15, -0.1) is 0 Å². The molecule has 142 valence electrons. The van der Waals surface area contributed by atoms with Crippen LogP contribution in [0, 0.1) is 13.8 Å². The summed E-state index contributed by atoms with van der Waals surface area (Å²) < 4.78 is 6.00. The molecule has 3 aromatic rings. The quantitative estimate of drug-likeness (QED) is 0.707. The van der Waals surface area contributed by atoms with Crippen LogP contribution in [0.4, 0.5) is 0 Å². The number of amides is 1. The summed E-state index contributed by atoms with van der Waals surface area (Å²) in [7, 11) is 0. The number of hydrogen-bond acceptors (Lipinski definition) is 3. The second-order valence-corrected chi connectivity index (χ2v) is 7.35. The average Bonchev–Trinajstić information content (AvgIpc) is 3.11. The van der Waals surface area contributed by atoms with Crippen molar-refractivity contribution in [3.8, 4) is 5.75 Å². The van der Waals surface area contributed by atoms with Crippen molar-refractivity contribution in [1.82, 2.24) is 10.3 Å². The Morgan fingerprint density at radius 3 is 2.68 bits per heavy atom. The molecule has 1 unspecified atom stereocenters. The van der Waals surface area contributed by atoms with Crippen molar-refractivity contribution in [1.29, 1.82) is 0 Å². The van der Waals surface area contributed by atoms with Crippen molar-refractivity contribution in [3.63, 3.8) is 0 Å². The lowest BCUT2D eigenvalue weighted by molar-refractivity contribution is 0.0936. The van der Waals surface area contributed by atoms with Crippen molar-refractivity contribution in [2.24, 2.45) is 0 Å². The second kappa shape index (κ2) is 7.85. The number of carbonyl (C=O) groups is 1. The molecule has 0 aliphatic heterocycles.